The zero-order chi connectivity index (χ0) is 24.9. The molecule has 6 nitrogen and oxygen atoms in total. The van der Waals surface area contributed by atoms with Crippen molar-refractivity contribution >= 4 is 28.4 Å². The molecule has 0 fully saturated rings. The predicted molar refractivity (Wildman–Crippen MR) is 140 cm³/mol. The number of ether oxygens (including phenoxy) is 1. The number of para-hydroxylation sites is 1. The van der Waals surface area contributed by atoms with Gasteiger partial charge in [-0.25, -0.2) is 4.98 Å². The number of rotatable bonds is 8. The van der Waals surface area contributed by atoms with Crippen LogP contribution in [0.25, 0.3) is 16.6 Å². The summed E-state index contributed by atoms with van der Waals surface area (Å²) in [6.45, 7) is 4.55. The van der Waals surface area contributed by atoms with Crippen molar-refractivity contribution < 1.29 is 9.53 Å². The van der Waals surface area contributed by atoms with E-state index in [0.717, 1.165) is 6.42 Å². The quantitative estimate of drug-likeness (QED) is 0.302. The molecule has 0 saturated carbocycles. The van der Waals surface area contributed by atoms with Crippen molar-refractivity contribution in [3.05, 3.63) is 99.6 Å². The molecule has 3 aromatic carbocycles. The summed E-state index contributed by atoms with van der Waals surface area (Å²) < 4.78 is 6.92. The monoisotopic (exact) mass is 489 g/mol. The molecule has 4 rings (SSSR count). The lowest BCUT2D eigenvalue weighted by Gasteiger charge is -2.32. The molecular formula is C28H28ClN3O3. The lowest BCUT2D eigenvalue weighted by molar-refractivity contribution is 0.0659. The number of methoxy groups -OCH3 is 1. The van der Waals surface area contributed by atoms with Gasteiger partial charge in [0.05, 0.1) is 29.7 Å². The van der Waals surface area contributed by atoms with Gasteiger partial charge < -0.3 is 9.64 Å². The van der Waals surface area contributed by atoms with E-state index in [1.165, 1.54) is 0 Å². The maximum atomic E-state index is 13.8. The van der Waals surface area contributed by atoms with Crippen LogP contribution < -0.4 is 10.3 Å². The zero-order valence-electron chi connectivity index (χ0n) is 20.1. The molecule has 7 heteroatoms. The first-order valence-corrected chi connectivity index (χ1v) is 12.1. The summed E-state index contributed by atoms with van der Waals surface area (Å²) in [5.74, 6) is 1.09. The summed E-state index contributed by atoms with van der Waals surface area (Å²) in [7, 11) is 1.60. The van der Waals surface area contributed by atoms with Crippen LogP contribution >= 0.6 is 11.6 Å². The molecule has 0 saturated heterocycles. The van der Waals surface area contributed by atoms with E-state index in [9.17, 15) is 9.59 Å². The van der Waals surface area contributed by atoms with Gasteiger partial charge >= 0.3 is 0 Å². The van der Waals surface area contributed by atoms with Crippen molar-refractivity contribution in [2.24, 2.45) is 0 Å². The van der Waals surface area contributed by atoms with Crippen molar-refractivity contribution in [3.63, 3.8) is 0 Å². The van der Waals surface area contributed by atoms with Crippen LogP contribution in [-0.2, 0) is 0 Å². The lowest BCUT2D eigenvalue weighted by Crippen LogP contribution is -2.39. The molecule has 0 spiro atoms. The van der Waals surface area contributed by atoms with E-state index in [1.54, 1.807) is 46.9 Å². The van der Waals surface area contributed by atoms with Crippen LogP contribution in [0.4, 0.5) is 0 Å². The minimum absolute atomic E-state index is 0.126. The van der Waals surface area contributed by atoms with Gasteiger partial charge in [0, 0.05) is 17.1 Å². The van der Waals surface area contributed by atoms with Crippen molar-refractivity contribution in [1.29, 1.82) is 0 Å². The Labute approximate surface area is 209 Å². The van der Waals surface area contributed by atoms with Gasteiger partial charge in [-0.05, 0) is 73.5 Å². The molecule has 0 aliphatic rings. The predicted octanol–water partition coefficient (Wildman–Crippen LogP) is 6.05. The summed E-state index contributed by atoms with van der Waals surface area (Å²) in [6, 6.07) is 21.0. The Morgan fingerprint density at radius 2 is 1.71 bits per heavy atom. The minimum Gasteiger partial charge on any atom is -0.497 e. The van der Waals surface area contributed by atoms with E-state index in [0.29, 0.717) is 51.7 Å². The van der Waals surface area contributed by atoms with Crippen molar-refractivity contribution in [3.8, 4) is 11.4 Å². The summed E-state index contributed by atoms with van der Waals surface area (Å²) in [5, 5.41) is 1.09. The Morgan fingerprint density at radius 1 is 1.03 bits per heavy atom. The average Bonchev–Trinajstić information content (AvgIpc) is 2.89. The number of halogens is 1. The van der Waals surface area contributed by atoms with Gasteiger partial charge in [-0.15, -0.1) is 0 Å². The first kappa shape index (κ1) is 24.5. The second-order valence-corrected chi connectivity index (χ2v) is 8.69. The third kappa shape index (κ3) is 4.93. The molecular weight excluding hydrogens is 462 g/mol. The molecule has 1 unspecified atom stereocenters. The Morgan fingerprint density at radius 3 is 2.34 bits per heavy atom. The molecule has 0 radical (unpaired) electrons. The summed E-state index contributed by atoms with van der Waals surface area (Å²) in [6.07, 6.45) is 1.34. The van der Waals surface area contributed by atoms with Gasteiger partial charge in [0.1, 0.15) is 11.6 Å². The highest BCUT2D eigenvalue weighted by atomic mass is 35.5. The molecule has 0 N–H and O–H groups in total. The summed E-state index contributed by atoms with van der Waals surface area (Å²) >= 11 is 6.04. The molecule has 180 valence electrons. The number of nitrogens with zero attached hydrogens (tertiary/aromatic N) is 3. The molecule has 1 aromatic heterocycles. The maximum Gasteiger partial charge on any atom is 0.266 e. The number of carbonyl (C=O) groups is 1. The fourth-order valence-electron chi connectivity index (χ4n) is 4.29. The van der Waals surface area contributed by atoms with E-state index >= 15 is 0 Å². The van der Waals surface area contributed by atoms with Gasteiger partial charge in [0.25, 0.3) is 11.5 Å². The largest absolute Gasteiger partial charge is 0.497 e. The van der Waals surface area contributed by atoms with E-state index < -0.39 is 6.04 Å². The maximum absolute atomic E-state index is 13.8. The molecule has 0 aliphatic carbocycles. The molecule has 35 heavy (non-hydrogen) atoms. The third-order valence-electron chi connectivity index (χ3n) is 6.01. The average molecular weight is 490 g/mol. The molecule has 0 aliphatic heterocycles. The number of aromatic nitrogens is 2. The van der Waals surface area contributed by atoms with Crippen LogP contribution in [-0.4, -0.2) is 34.0 Å². The van der Waals surface area contributed by atoms with Gasteiger partial charge in [0.15, 0.2) is 0 Å². The Bertz CT molecular complexity index is 1380. The lowest BCUT2D eigenvalue weighted by atomic mass is 10.1. The SMILES string of the molecule is CCCN(C(=O)c1ccc(Cl)cc1)C(CC)c1nc2ccccc2c(=O)n1-c1ccc(OC)cc1. The van der Waals surface area contributed by atoms with Crippen LogP contribution in [0.2, 0.25) is 5.02 Å². The normalized spacial score (nSPS) is 11.9. The van der Waals surface area contributed by atoms with Gasteiger partial charge in [-0.2, -0.15) is 0 Å². The summed E-state index contributed by atoms with van der Waals surface area (Å²) in [4.78, 5) is 34.1. The number of fused-ring (bicyclic) bond motifs is 1. The van der Waals surface area contributed by atoms with Crippen LogP contribution in [0.3, 0.4) is 0 Å². The van der Waals surface area contributed by atoms with Gasteiger partial charge in [0.2, 0.25) is 0 Å². The second-order valence-electron chi connectivity index (χ2n) is 8.26. The highest BCUT2D eigenvalue weighted by Crippen LogP contribution is 2.28. The number of hydrogen-bond acceptors (Lipinski definition) is 4. The van der Waals surface area contributed by atoms with Crippen LogP contribution in [0.15, 0.2) is 77.6 Å². The Balaban J connectivity index is 1.92. The van der Waals surface area contributed by atoms with Crippen molar-refractivity contribution in [1.82, 2.24) is 14.5 Å². The smallest absolute Gasteiger partial charge is 0.266 e. The number of hydrogen-bond donors (Lipinski definition) is 0. The number of benzene rings is 3. The van der Waals surface area contributed by atoms with Crippen LogP contribution in [0.1, 0.15) is 48.9 Å². The second kappa shape index (κ2) is 10.7. The molecule has 4 aromatic rings. The van der Waals surface area contributed by atoms with Crippen molar-refractivity contribution in [2.75, 3.05) is 13.7 Å². The molecule has 1 atom stereocenters. The topological polar surface area (TPSA) is 64.4 Å². The fourth-order valence-corrected chi connectivity index (χ4v) is 4.42. The van der Waals surface area contributed by atoms with E-state index in [-0.39, 0.29) is 11.5 Å². The molecule has 1 heterocycles. The minimum atomic E-state index is -0.419. The van der Waals surface area contributed by atoms with E-state index in [1.807, 2.05) is 56.3 Å². The standard InChI is InChI=1S/C28H28ClN3O3/c1-4-18-31(27(33)19-10-12-20(29)13-11-19)25(5-2)26-30-24-9-7-6-8-23(24)28(34)32(26)21-14-16-22(35-3)17-15-21/h6-17,25H,4-5,18H2,1-3H3. The molecule has 1 amide bonds. The fraction of sp³-hybridized carbons (Fsp3) is 0.250. The Hall–Kier alpha value is -3.64. The van der Waals surface area contributed by atoms with Gasteiger partial charge in [-0.1, -0.05) is 37.6 Å². The first-order chi connectivity index (χ1) is 17.0. The van der Waals surface area contributed by atoms with Crippen LogP contribution in [0.5, 0.6) is 5.75 Å². The zero-order valence-corrected chi connectivity index (χ0v) is 20.8. The van der Waals surface area contributed by atoms with E-state index in [4.69, 9.17) is 21.3 Å². The van der Waals surface area contributed by atoms with Crippen molar-refractivity contribution in [2.45, 2.75) is 32.7 Å². The Kier molecular flexibility index (Phi) is 7.51. The number of amides is 1. The highest BCUT2D eigenvalue weighted by Gasteiger charge is 2.29. The summed E-state index contributed by atoms with van der Waals surface area (Å²) in [5.41, 5.74) is 1.63. The van der Waals surface area contributed by atoms with Crippen LogP contribution in [0, 0.1) is 0 Å². The first-order valence-electron chi connectivity index (χ1n) is 11.7. The third-order valence-corrected chi connectivity index (χ3v) is 6.26. The highest BCUT2D eigenvalue weighted by molar-refractivity contribution is 6.30. The number of carbonyl (C=O) groups excluding carboxylic acids is 1. The van der Waals surface area contributed by atoms with E-state index in [2.05, 4.69) is 0 Å². The van der Waals surface area contributed by atoms with Gasteiger partial charge in [-0.3, -0.25) is 14.2 Å². The molecule has 0 bridgehead atoms.